The molecule has 0 fully saturated rings. The lowest BCUT2D eigenvalue weighted by molar-refractivity contribution is 0.0923. The standard InChI is InChI=1S/C8H11N3O/c1-5-6(2)10-11-4-3-9-8(12)7(5)11/h3-4H2,1-2H3,(H,9,12). The Hall–Kier alpha value is -1.32. The van der Waals surface area contributed by atoms with Crippen molar-refractivity contribution in [3.8, 4) is 0 Å². The van der Waals surface area contributed by atoms with Crippen LogP contribution in [0.1, 0.15) is 21.7 Å². The van der Waals surface area contributed by atoms with Gasteiger partial charge in [0.15, 0.2) is 0 Å². The van der Waals surface area contributed by atoms with Crippen molar-refractivity contribution >= 4 is 5.91 Å². The fourth-order valence-electron chi connectivity index (χ4n) is 1.48. The average molecular weight is 165 g/mol. The molecule has 0 saturated carbocycles. The molecule has 1 N–H and O–H groups in total. The van der Waals surface area contributed by atoms with Crippen molar-refractivity contribution in [1.29, 1.82) is 0 Å². The first kappa shape index (κ1) is 7.34. The molecule has 0 radical (unpaired) electrons. The zero-order valence-corrected chi connectivity index (χ0v) is 7.22. The van der Waals surface area contributed by atoms with E-state index >= 15 is 0 Å². The number of aromatic nitrogens is 2. The Labute approximate surface area is 70.6 Å². The van der Waals surface area contributed by atoms with E-state index in [9.17, 15) is 4.79 Å². The largest absolute Gasteiger partial charge is 0.349 e. The number of carbonyl (C=O) groups is 1. The minimum atomic E-state index is -0.000602. The van der Waals surface area contributed by atoms with Gasteiger partial charge in [-0.05, 0) is 13.8 Å². The van der Waals surface area contributed by atoms with Crippen LogP contribution in [0.3, 0.4) is 0 Å². The number of hydrogen-bond donors (Lipinski definition) is 1. The fraction of sp³-hybridized carbons (Fsp3) is 0.500. The number of carbonyl (C=O) groups excluding carboxylic acids is 1. The average Bonchev–Trinajstić information content (AvgIpc) is 2.29. The molecule has 1 aliphatic rings. The van der Waals surface area contributed by atoms with Gasteiger partial charge in [0, 0.05) is 12.1 Å². The molecule has 1 aromatic rings. The second kappa shape index (κ2) is 2.33. The van der Waals surface area contributed by atoms with Gasteiger partial charge in [-0.2, -0.15) is 5.10 Å². The third kappa shape index (κ3) is 0.841. The topological polar surface area (TPSA) is 46.9 Å². The maximum absolute atomic E-state index is 11.3. The number of hydrogen-bond acceptors (Lipinski definition) is 2. The second-order valence-electron chi connectivity index (χ2n) is 3.04. The van der Waals surface area contributed by atoms with Crippen molar-refractivity contribution in [2.24, 2.45) is 0 Å². The molecule has 2 rings (SSSR count). The Morgan fingerprint density at radius 2 is 2.25 bits per heavy atom. The minimum Gasteiger partial charge on any atom is -0.349 e. The Morgan fingerprint density at radius 1 is 1.50 bits per heavy atom. The molecule has 4 nitrogen and oxygen atoms in total. The van der Waals surface area contributed by atoms with Gasteiger partial charge in [-0.1, -0.05) is 0 Å². The molecule has 64 valence electrons. The van der Waals surface area contributed by atoms with Crippen molar-refractivity contribution in [3.05, 3.63) is 17.0 Å². The molecule has 1 aliphatic heterocycles. The maximum atomic E-state index is 11.3. The summed E-state index contributed by atoms with van der Waals surface area (Å²) in [5.41, 5.74) is 2.66. The van der Waals surface area contributed by atoms with Gasteiger partial charge in [-0.15, -0.1) is 0 Å². The van der Waals surface area contributed by atoms with Gasteiger partial charge in [-0.3, -0.25) is 9.48 Å². The summed E-state index contributed by atoms with van der Waals surface area (Å²) >= 11 is 0. The highest BCUT2D eigenvalue weighted by atomic mass is 16.2. The molecule has 1 aromatic heterocycles. The molecule has 12 heavy (non-hydrogen) atoms. The van der Waals surface area contributed by atoms with Gasteiger partial charge in [0.25, 0.3) is 5.91 Å². The van der Waals surface area contributed by atoms with Crippen molar-refractivity contribution in [2.75, 3.05) is 6.54 Å². The van der Waals surface area contributed by atoms with Crippen LogP contribution in [-0.4, -0.2) is 22.2 Å². The molecule has 0 atom stereocenters. The van der Waals surface area contributed by atoms with Crippen LogP contribution in [0.4, 0.5) is 0 Å². The highest BCUT2D eigenvalue weighted by Gasteiger charge is 2.21. The molecule has 0 bridgehead atoms. The molecule has 1 amide bonds. The summed E-state index contributed by atoms with van der Waals surface area (Å²) in [6.45, 7) is 5.33. The predicted molar refractivity (Wildman–Crippen MR) is 44.0 cm³/mol. The van der Waals surface area contributed by atoms with Crippen LogP contribution >= 0.6 is 0 Å². The van der Waals surface area contributed by atoms with Crippen molar-refractivity contribution in [2.45, 2.75) is 20.4 Å². The first-order valence-electron chi connectivity index (χ1n) is 4.02. The number of aryl methyl sites for hydroxylation is 1. The Kier molecular flexibility index (Phi) is 1.43. The molecule has 0 unspecified atom stereocenters. The molecule has 4 heteroatoms. The minimum absolute atomic E-state index is 0.000602. The van der Waals surface area contributed by atoms with E-state index in [0.717, 1.165) is 23.5 Å². The van der Waals surface area contributed by atoms with Gasteiger partial charge in [0.1, 0.15) is 5.69 Å². The van der Waals surface area contributed by atoms with Gasteiger partial charge >= 0.3 is 0 Å². The number of nitrogens with zero attached hydrogens (tertiary/aromatic N) is 2. The number of fused-ring (bicyclic) bond motifs is 1. The summed E-state index contributed by atoms with van der Waals surface area (Å²) in [6.07, 6.45) is 0. The van der Waals surface area contributed by atoms with Crippen LogP contribution in [0.25, 0.3) is 0 Å². The fourth-order valence-corrected chi connectivity index (χ4v) is 1.48. The molecular weight excluding hydrogens is 154 g/mol. The highest BCUT2D eigenvalue weighted by Crippen LogP contribution is 2.13. The quantitative estimate of drug-likeness (QED) is 0.598. The lowest BCUT2D eigenvalue weighted by Gasteiger charge is -2.14. The lowest BCUT2D eigenvalue weighted by Crippen LogP contribution is -2.35. The van der Waals surface area contributed by atoms with Crippen molar-refractivity contribution in [3.63, 3.8) is 0 Å². The Bertz CT molecular complexity index is 340. The number of amides is 1. The second-order valence-corrected chi connectivity index (χ2v) is 3.04. The van der Waals surface area contributed by atoms with Gasteiger partial charge in [-0.25, -0.2) is 0 Å². The highest BCUT2D eigenvalue weighted by molar-refractivity contribution is 5.94. The number of rotatable bonds is 0. The summed E-state index contributed by atoms with van der Waals surface area (Å²) in [7, 11) is 0. The molecule has 0 aliphatic carbocycles. The van der Waals surface area contributed by atoms with E-state index in [1.807, 2.05) is 13.8 Å². The van der Waals surface area contributed by atoms with Crippen LogP contribution in [0, 0.1) is 13.8 Å². The van der Waals surface area contributed by atoms with Gasteiger partial charge < -0.3 is 5.32 Å². The lowest BCUT2D eigenvalue weighted by atomic mass is 10.2. The van der Waals surface area contributed by atoms with Crippen LogP contribution in [0.5, 0.6) is 0 Å². The summed E-state index contributed by atoms with van der Waals surface area (Å²) in [4.78, 5) is 11.3. The first-order valence-corrected chi connectivity index (χ1v) is 4.02. The van der Waals surface area contributed by atoms with Crippen LogP contribution in [0.15, 0.2) is 0 Å². The Morgan fingerprint density at radius 3 is 2.92 bits per heavy atom. The van der Waals surface area contributed by atoms with Crippen LogP contribution in [0.2, 0.25) is 0 Å². The van der Waals surface area contributed by atoms with E-state index in [1.54, 1.807) is 4.68 Å². The molecule has 0 saturated heterocycles. The normalized spacial score (nSPS) is 15.7. The Balaban J connectivity index is 2.61. The summed E-state index contributed by atoms with van der Waals surface area (Å²) in [6, 6.07) is 0. The predicted octanol–water partition coefficient (Wildman–Crippen LogP) is 0.243. The maximum Gasteiger partial charge on any atom is 0.269 e. The zero-order valence-electron chi connectivity index (χ0n) is 7.22. The number of nitrogens with one attached hydrogen (secondary N) is 1. The van der Waals surface area contributed by atoms with E-state index in [2.05, 4.69) is 10.4 Å². The van der Waals surface area contributed by atoms with Gasteiger partial charge in [0.05, 0.1) is 12.2 Å². The van der Waals surface area contributed by atoms with Crippen LogP contribution < -0.4 is 5.32 Å². The SMILES string of the molecule is Cc1nn2c(c1C)C(=O)NCC2. The van der Waals surface area contributed by atoms with Gasteiger partial charge in [0.2, 0.25) is 0 Å². The van der Waals surface area contributed by atoms with Crippen LogP contribution in [-0.2, 0) is 6.54 Å². The van der Waals surface area contributed by atoms with E-state index < -0.39 is 0 Å². The summed E-state index contributed by atoms with van der Waals surface area (Å²) in [5.74, 6) is -0.000602. The molecular formula is C8H11N3O. The molecule has 2 heterocycles. The third-order valence-electron chi connectivity index (χ3n) is 2.25. The van der Waals surface area contributed by atoms with E-state index in [1.165, 1.54) is 0 Å². The molecule has 0 aromatic carbocycles. The monoisotopic (exact) mass is 165 g/mol. The smallest absolute Gasteiger partial charge is 0.269 e. The first-order chi connectivity index (χ1) is 5.70. The summed E-state index contributed by atoms with van der Waals surface area (Å²) in [5, 5.41) is 7.05. The molecule has 0 spiro atoms. The summed E-state index contributed by atoms with van der Waals surface area (Å²) < 4.78 is 1.78. The van der Waals surface area contributed by atoms with E-state index in [-0.39, 0.29) is 5.91 Å². The van der Waals surface area contributed by atoms with E-state index in [4.69, 9.17) is 0 Å². The van der Waals surface area contributed by atoms with E-state index in [0.29, 0.717) is 6.54 Å². The van der Waals surface area contributed by atoms with Crippen molar-refractivity contribution < 1.29 is 4.79 Å². The third-order valence-corrected chi connectivity index (χ3v) is 2.25. The zero-order chi connectivity index (χ0) is 8.72. The van der Waals surface area contributed by atoms with Crippen molar-refractivity contribution in [1.82, 2.24) is 15.1 Å².